The van der Waals surface area contributed by atoms with Gasteiger partial charge in [0.2, 0.25) is 5.91 Å². The van der Waals surface area contributed by atoms with E-state index in [2.05, 4.69) is 28.3 Å². The number of nitrogens with two attached hydrogens (primary N) is 1. The fourth-order valence-corrected chi connectivity index (χ4v) is 2.42. The highest BCUT2D eigenvalue weighted by Gasteiger charge is 2.27. The number of hydrogen-bond acceptors (Lipinski definition) is 4. The first kappa shape index (κ1) is 13.0. The molecule has 1 aromatic heterocycles. The van der Waals surface area contributed by atoms with Crippen LogP contribution in [0.15, 0.2) is 6.07 Å². The van der Waals surface area contributed by atoms with Gasteiger partial charge < -0.3 is 11.1 Å². The van der Waals surface area contributed by atoms with Crippen LogP contribution < -0.4 is 11.1 Å². The molecule has 6 heteroatoms. The van der Waals surface area contributed by atoms with Gasteiger partial charge in [0.05, 0.1) is 11.4 Å². The zero-order valence-electron chi connectivity index (χ0n) is 11.0. The molecular formula is C12H21N5O. The number of primary amides is 1. The van der Waals surface area contributed by atoms with Crippen molar-refractivity contribution < 1.29 is 4.79 Å². The van der Waals surface area contributed by atoms with E-state index in [-0.39, 0.29) is 11.9 Å². The van der Waals surface area contributed by atoms with Crippen LogP contribution in [0.4, 0.5) is 0 Å². The van der Waals surface area contributed by atoms with Crippen LogP contribution >= 0.6 is 0 Å². The van der Waals surface area contributed by atoms with Crippen molar-refractivity contribution in [3.63, 3.8) is 0 Å². The van der Waals surface area contributed by atoms with Gasteiger partial charge in [0.25, 0.3) is 0 Å². The van der Waals surface area contributed by atoms with Crippen molar-refractivity contribution in [2.75, 3.05) is 19.6 Å². The molecule has 1 aromatic rings. The molecule has 0 saturated carbocycles. The van der Waals surface area contributed by atoms with Crippen molar-refractivity contribution in [2.45, 2.75) is 33.0 Å². The molecule has 1 atom stereocenters. The highest BCUT2D eigenvalue weighted by molar-refractivity contribution is 5.80. The number of carbonyl (C=O) groups is 1. The number of piperazine rings is 1. The Morgan fingerprint density at radius 2 is 2.44 bits per heavy atom. The molecule has 100 valence electrons. The van der Waals surface area contributed by atoms with Crippen LogP contribution in [0.3, 0.4) is 0 Å². The number of hydrogen-bond donors (Lipinski definition) is 2. The average Bonchev–Trinajstić information content (AvgIpc) is 2.70. The maximum atomic E-state index is 11.4. The van der Waals surface area contributed by atoms with E-state index in [9.17, 15) is 4.79 Å². The van der Waals surface area contributed by atoms with Crippen LogP contribution in [-0.2, 0) is 17.9 Å². The van der Waals surface area contributed by atoms with E-state index in [1.165, 1.54) is 0 Å². The van der Waals surface area contributed by atoms with Crippen molar-refractivity contribution >= 4 is 5.91 Å². The molecule has 0 aliphatic carbocycles. The molecule has 18 heavy (non-hydrogen) atoms. The van der Waals surface area contributed by atoms with E-state index in [1.54, 1.807) is 0 Å². The van der Waals surface area contributed by atoms with E-state index in [0.717, 1.165) is 37.6 Å². The van der Waals surface area contributed by atoms with Gasteiger partial charge in [-0.3, -0.25) is 14.4 Å². The zero-order chi connectivity index (χ0) is 13.1. The lowest BCUT2D eigenvalue weighted by molar-refractivity contribution is -0.124. The van der Waals surface area contributed by atoms with Crippen LogP contribution in [0.1, 0.15) is 18.3 Å². The number of rotatable bonds is 4. The first-order valence-corrected chi connectivity index (χ1v) is 6.39. The van der Waals surface area contributed by atoms with Crippen molar-refractivity contribution in [3.8, 4) is 0 Å². The molecule has 0 spiro atoms. The summed E-state index contributed by atoms with van der Waals surface area (Å²) in [5.41, 5.74) is 7.60. The van der Waals surface area contributed by atoms with Crippen LogP contribution in [0.5, 0.6) is 0 Å². The minimum absolute atomic E-state index is 0.223. The number of nitrogens with one attached hydrogen (secondary N) is 1. The molecule has 2 rings (SSSR count). The summed E-state index contributed by atoms with van der Waals surface area (Å²) < 4.78 is 1.98. The lowest BCUT2D eigenvalue weighted by Crippen LogP contribution is -2.56. The van der Waals surface area contributed by atoms with E-state index in [0.29, 0.717) is 6.54 Å². The molecular weight excluding hydrogens is 230 g/mol. The van der Waals surface area contributed by atoms with Gasteiger partial charge in [-0.25, -0.2) is 0 Å². The predicted molar refractivity (Wildman–Crippen MR) is 68.9 cm³/mol. The summed E-state index contributed by atoms with van der Waals surface area (Å²) in [5.74, 6) is -0.263. The maximum absolute atomic E-state index is 11.4. The largest absolute Gasteiger partial charge is 0.368 e. The van der Waals surface area contributed by atoms with Crippen LogP contribution in [0.25, 0.3) is 0 Å². The molecule has 1 fully saturated rings. The number of aryl methyl sites for hydroxylation is 2. The lowest BCUT2D eigenvalue weighted by Gasteiger charge is -2.34. The summed E-state index contributed by atoms with van der Waals surface area (Å²) in [6, 6.07) is 1.85. The minimum atomic E-state index is -0.263. The molecule has 1 amide bonds. The van der Waals surface area contributed by atoms with E-state index in [1.807, 2.05) is 11.6 Å². The summed E-state index contributed by atoms with van der Waals surface area (Å²) in [7, 11) is 0. The van der Waals surface area contributed by atoms with Gasteiger partial charge in [0, 0.05) is 32.7 Å². The molecule has 3 N–H and O–H groups in total. The SMILES string of the molecule is CCn1nc(C)cc1CN1CCNCC1C(N)=O. The Morgan fingerprint density at radius 1 is 1.67 bits per heavy atom. The van der Waals surface area contributed by atoms with Crippen molar-refractivity contribution in [1.82, 2.24) is 20.0 Å². The van der Waals surface area contributed by atoms with Gasteiger partial charge in [-0.05, 0) is 19.9 Å². The van der Waals surface area contributed by atoms with Gasteiger partial charge in [0.15, 0.2) is 0 Å². The molecule has 6 nitrogen and oxygen atoms in total. The molecule has 1 aliphatic heterocycles. The third kappa shape index (κ3) is 2.70. The second-order valence-corrected chi connectivity index (χ2v) is 4.69. The van der Waals surface area contributed by atoms with Gasteiger partial charge in [-0.2, -0.15) is 5.10 Å². The Kier molecular flexibility index (Phi) is 3.98. The number of aromatic nitrogens is 2. The first-order valence-electron chi connectivity index (χ1n) is 6.39. The number of nitrogens with zero attached hydrogens (tertiary/aromatic N) is 3. The van der Waals surface area contributed by atoms with E-state index in [4.69, 9.17) is 5.73 Å². The Hall–Kier alpha value is -1.40. The first-order chi connectivity index (χ1) is 8.61. The highest BCUT2D eigenvalue weighted by Crippen LogP contribution is 2.12. The van der Waals surface area contributed by atoms with Crippen molar-refractivity contribution in [2.24, 2.45) is 5.73 Å². The predicted octanol–water partition coefficient (Wildman–Crippen LogP) is -0.529. The topological polar surface area (TPSA) is 76.2 Å². The minimum Gasteiger partial charge on any atom is -0.368 e. The molecule has 1 saturated heterocycles. The Balaban J connectivity index is 2.13. The Bertz CT molecular complexity index is 428. The van der Waals surface area contributed by atoms with Gasteiger partial charge >= 0.3 is 0 Å². The quantitative estimate of drug-likeness (QED) is 0.754. The second-order valence-electron chi connectivity index (χ2n) is 4.69. The van der Waals surface area contributed by atoms with Gasteiger partial charge in [0.1, 0.15) is 6.04 Å². The molecule has 0 aromatic carbocycles. The second kappa shape index (κ2) is 5.49. The van der Waals surface area contributed by atoms with Crippen LogP contribution in [-0.4, -0.2) is 46.3 Å². The van der Waals surface area contributed by atoms with Gasteiger partial charge in [-0.15, -0.1) is 0 Å². The Morgan fingerprint density at radius 3 is 3.11 bits per heavy atom. The number of amides is 1. The zero-order valence-corrected chi connectivity index (χ0v) is 11.0. The highest BCUT2D eigenvalue weighted by atomic mass is 16.1. The molecule has 1 unspecified atom stereocenters. The average molecular weight is 251 g/mol. The third-order valence-electron chi connectivity index (χ3n) is 3.33. The van der Waals surface area contributed by atoms with Gasteiger partial charge in [-0.1, -0.05) is 0 Å². The molecule has 1 aliphatic rings. The third-order valence-corrected chi connectivity index (χ3v) is 3.33. The smallest absolute Gasteiger partial charge is 0.236 e. The summed E-state index contributed by atoms with van der Waals surface area (Å²) in [6.07, 6.45) is 0. The fourth-order valence-electron chi connectivity index (χ4n) is 2.42. The fraction of sp³-hybridized carbons (Fsp3) is 0.667. The standard InChI is InChI=1S/C12H21N5O/c1-3-17-10(6-9(2)15-17)8-16-5-4-14-7-11(16)12(13)18/h6,11,14H,3-5,7-8H2,1-2H3,(H2,13,18). The number of carbonyl (C=O) groups excluding carboxylic acids is 1. The monoisotopic (exact) mass is 251 g/mol. The van der Waals surface area contributed by atoms with Crippen molar-refractivity contribution in [1.29, 1.82) is 0 Å². The summed E-state index contributed by atoms with van der Waals surface area (Å²) in [5, 5.41) is 7.62. The van der Waals surface area contributed by atoms with E-state index >= 15 is 0 Å². The van der Waals surface area contributed by atoms with E-state index < -0.39 is 0 Å². The normalized spacial score (nSPS) is 21.1. The van der Waals surface area contributed by atoms with Crippen LogP contribution in [0.2, 0.25) is 0 Å². The molecule has 0 bridgehead atoms. The van der Waals surface area contributed by atoms with Crippen LogP contribution in [0, 0.1) is 6.92 Å². The van der Waals surface area contributed by atoms with Crippen molar-refractivity contribution in [3.05, 3.63) is 17.5 Å². The Labute approximate surface area is 107 Å². The summed E-state index contributed by atoms with van der Waals surface area (Å²) >= 11 is 0. The summed E-state index contributed by atoms with van der Waals surface area (Å²) in [6.45, 7) is 7.98. The lowest BCUT2D eigenvalue weighted by atomic mass is 10.1. The molecule has 0 radical (unpaired) electrons. The maximum Gasteiger partial charge on any atom is 0.236 e. The molecule has 2 heterocycles. The summed E-state index contributed by atoms with van der Waals surface area (Å²) in [4.78, 5) is 13.6.